The maximum absolute atomic E-state index is 12.2. The van der Waals surface area contributed by atoms with Crippen LogP contribution < -0.4 is 10.5 Å². The topological polar surface area (TPSA) is 228 Å². The van der Waals surface area contributed by atoms with Gasteiger partial charge in [0.05, 0.1) is 11.5 Å². The van der Waals surface area contributed by atoms with Crippen molar-refractivity contribution in [3.8, 4) is 5.75 Å². The number of ether oxygens (including phenoxy) is 8. The first-order valence-corrected chi connectivity index (χ1v) is 12.1. The summed E-state index contributed by atoms with van der Waals surface area (Å²) in [5.41, 5.74) is 5.46. The summed E-state index contributed by atoms with van der Waals surface area (Å²) in [6, 6.07) is 4.61. The van der Waals surface area contributed by atoms with E-state index in [0.717, 1.165) is 39.8 Å². The van der Waals surface area contributed by atoms with Crippen molar-refractivity contribution in [1.29, 1.82) is 0 Å². The van der Waals surface area contributed by atoms with Crippen molar-refractivity contribution in [2.45, 2.75) is 64.5 Å². The van der Waals surface area contributed by atoms with Gasteiger partial charge in [-0.1, -0.05) is 0 Å². The lowest BCUT2D eigenvalue weighted by molar-refractivity contribution is -0.384. The summed E-state index contributed by atoms with van der Waals surface area (Å²) in [6.07, 6.45) is -9.43. The summed E-state index contributed by atoms with van der Waals surface area (Å²) >= 11 is 0. The monoisotopic (exact) mass is 586 g/mol. The van der Waals surface area contributed by atoms with Crippen LogP contribution in [0.2, 0.25) is 0 Å². The number of hydrogen-bond acceptors (Lipinski definition) is 16. The van der Waals surface area contributed by atoms with Crippen LogP contribution in [0.15, 0.2) is 24.3 Å². The van der Waals surface area contributed by atoms with Crippen LogP contribution in [0.3, 0.4) is 0 Å². The average Bonchev–Trinajstić information content (AvgIpc) is 2.87. The number of nitro groups is 1. The fourth-order valence-corrected chi connectivity index (χ4v) is 3.57. The Bertz CT molecular complexity index is 1110. The first kappa shape index (κ1) is 32.9. The lowest BCUT2D eigenvalue weighted by atomic mass is 9.98. The van der Waals surface area contributed by atoms with Crippen LogP contribution in [0.1, 0.15) is 27.7 Å². The molecule has 1 saturated heterocycles. The minimum absolute atomic E-state index is 0.0446. The maximum atomic E-state index is 12.2. The van der Waals surface area contributed by atoms with E-state index in [9.17, 15) is 34.1 Å². The van der Waals surface area contributed by atoms with Gasteiger partial charge in [-0.05, 0) is 12.1 Å². The van der Waals surface area contributed by atoms with Gasteiger partial charge >= 0.3 is 30.0 Å². The zero-order valence-corrected chi connectivity index (χ0v) is 22.5. The second kappa shape index (κ2) is 15.4. The first-order chi connectivity index (χ1) is 19.3. The Balaban J connectivity index is 2.20. The first-order valence-electron chi connectivity index (χ1n) is 12.1. The van der Waals surface area contributed by atoms with Gasteiger partial charge in [-0.15, -0.1) is 0 Å². The Morgan fingerprint density at radius 1 is 0.902 bits per heavy atom. The molecule has 1 heterocycles. The van der Waals surface area contributed by atoms with Crippen LogP contribution >= 0.6 is 0 Å². The van der Waals surface area contributed by atoms with Crippen LogP contribution in [0.4, 0.5) is 10.5 Å². The molecule has 1 aliphatic rings. The Labute approximate surface area is 233 Å². The second-order valence-corrected chi connectivity index (χ2v) is 8.48. The molecule has 0 spiro atoms. The largest absolute Gasteiger partial charge is 0.514 e. The van der Waals surface area contributed by atoms with Crippen molar-refractivity contribution < 1.29 is 66.8 Å². The molecule has 41 heavy (non-hydrogen) atoms. The molecule has 0 radical (unpaired) electrons. The predicted octanol–water partition coefficient (Wildman–Crippen LogP) is 0.537. The smallest absolute Gasteiger partial charge is 0.463 e. The highest BCUT2D eigenvalue weighted by atomic mass is 16.8. The molecule has 2 N–H and O–H groups in total. The molecule has 17 heteroatoms. The van der Waals surface area contributed by atoms with E-state index in [1.165, 1.54) is 12.1 Å². The van der Waals surface area contributed by atoms with Gasteiger partial charge in [0.1, 0.15) is 24.6 Å². The van der Waals surface area contributed by atoms with E-state index in [2.05, 4.69) is 0 Å². The number of carbonyl (C=O) groups is 5. The Morgan fingerprint density at radius 2 is 1.46 bits per heavy atom. The number of non-ortho nitro benzene ring substituents is 1. The SMILES string of the molecule is CC(=O)OC[C@H]1O[C@@H](OCC(CN)OC(=O)Oc2ccc([N+](=O)[O-])cc2)[C@H](OC(C)=O)[C@@H](OC(C)=O)[C@H]1OC(C)=O. The molecule has 1 aromatic rings. The van der Waals surface area contributed by atoms with Gasteiger partial charge in [0.15, 0.2) is 24.6 Å². The Kier molecular flexibility index (Phi) is 12.4. The molecule has 1 aliphatic heterocycles. The molecular weight excluding hydrogens is 556 g/mol. The molecule has 1 unspecified atom stereocenters. The highest BCUT2D eigenvalue weighted by molar-refractivity contribution is 5.69. The molecule has 6 atom stereocenters. The molecule has 1 aromatic carbocycles. The summed E-state index contributed by atoms with van der Waals surface area (Å²) in [5, 5.41) is 10.8. The van der Waals surface area contributed by atoms with Crippen LogP contribution in [0, 0.1) is 10.1 Å². The van der Waals surface area contributed by atoms with Crippen molar-refractivity contribution >= 4 is 35.7 Å². The minimum atomic E-state index is -1.51. The van der Waals surface area contributed by atoms with Gasteiger partial charge in [-0.2, -0.15) is 0 Å². The van der Waals surface area contributed by atoms with Gasteiger partial charge in [-0.3, -0.25) is 29.3 Å². The number of nitro benzene ring substituents is 1. The van der Waals surface area contributed by atoms with Crippen LogP contribution in [-0.4, -0.2) is 91.5 Å². The van der Waals surface area contributed by atoms with Gasteiger partial charge in [0.2, 0.25) is 0 Å². The molecule has 17 nitrogen and oxygen atoms in total. The summed E-state index contributed by atoms with van der Waals surface area (Å²) in [6.45, 7) is 3.14. The lowest BCUT2D eigenvalue weighted by Crippen LogP contribution is -2.63. The van der Waals surface area contributed by atoms with E-state index in [4.69, 9.17) is 43.6 Å². The minimum Gasteiger partial charge on any atom is -0.463 e. The standard InChI is InChI=1S/C24H30N2O15/c1-12(27)34-11-19-20(36-13(2)28)21(37-14(3)29)22(38-15(4)30)23(41-19)35-10-18(9-25)40-24(31)39-17-7-5-16(6-8-17)26(32)33/h5-8,18-23H,9-11,25H2,1-4H3/t18?,19-,20+,21+,22-,23-/m1/s1. The molecule has 0 saturated carbocycles. The van der Waals surface area contributed by atoms with Gasteiger partial charge in [0.25, 0.3) is 5.69 Å². The van der Waals surface area contributed by atoms with E-state index < -0.39 is 85.0 Å². The van der Waals surface area contributed by atoms with Gasteiger partial charge in [-0.25, -0.2) is 4.79 Å². The number of benzene rings is 1. The van der Waals surface area contributed by atoms with Crippen molar-refractivity contribution in [2.24, 2.45) is 5.73 Å². The summed E-state index contributed by atoms with van der Waals surface area (Å²) in [7, 11) is 0. The van der Waals surface area contributed by atoms with Crippen molar-refractivity contribution in [1.82, 2.24) is 0 Å². The predicted molar refractivity (Wildman–Crippen MR) is 131 cm³/mol. The van der Waals surface area contributed by atoms with Gasteiger partial charge < -0.3 is 43.6 Å². The maximum Gasteiger partial charge on any atom is 0.514 e. The Morgan fingerprint density at radius 3 is 1.98 bits per heavy atom. The number of nitrogens with two attached hydrogens (primary N) is 1. The quantitative estimate of drug-likeness (QED) is 0.116. The lowest BCUT2D eigenvalue weighted by Gasteiger charge is -2.44. The number of rotatable bonds is 12. The number of nitrogens with zero attached hydrogens (tertiary/aromatic N) is 1. The number of hydrogen-bond donors (Lipinski definition) is 1. The van der Waals surface area contributed by atoms with E-state index in [-0.39, 0.29) is 18.0 Å². The van der Waals surface area contributed by atoms with Crippen molar-refractivity contribution in [3.05, 3.63) is 34.4 Å². The van der Waals surface area contributed by atoms with Crippen molar-refractivity contribution in [2.75, 3.05) is 19.8 Å². The van der Waals surface area contributed by atoms with E-state index in [1.807, 2.05) is 0 Å². The van der Waals surface area contributed by atoms with Crippen LogP contribution in [-0.2, 0) is 52.3 Å². The Hall–Kier alpha value is -4.35. The normalized spacial score (nSPS) is 22.4. The third-order valence-corrected chi connectivity index (χ3v) is 5.17. The summed E-state index contributed by atoms with van der Waals surface area (Å²) in [4.78, 5) is 69.4. The zero-order chi connectivity index (χ0) is 30.7. The van der Waals surface area contributed by atoms with Gasteiger partial charge in [0, 0.05) is 46.4 Å². The van der Waals surface area contributed by atoms with Crippen molar-refractivity contribution in [3.63, 3.8) is 0 Å². The van der Waals surface area contributed by atoms with E-state index >= 15 is 0 Å². The fraction of sp³-hybridized carbons (Fsp3) is 0.542. The highest BCUT2D eigenvalue weighted by Gasteiger charge is 2.53. The molecule has 226 valence electrons. The molecule has 1 fully saturated rings. The fourth-order valence-electron chi connectivity index (χ4n) is 3.57. The molecule has 2 rings (SSSR count). The second-order valence-electron chi connectivity index (χ2n) is 8.48. The molecule has 0 aromatic heterocycles. The third kappa shape index (κ3) is 10.6. The molecule has 0 bridgehead atoms. The highest BCUT2D eigenvalue weighted by Crippen LogP contribution is 2.30. The van der Waals surface area contributed by atoms with Crippen LogP contribution in [0.5, 0.6) is 5.75 Å². The summed E-state index contributed by atoms with van der Waals surface area (Å²) < 4.78 is 42.4. The third-order valence-electron chi connectivity index (χ3n) is 5.17. The van der Waals surface area contributed by atoms with E-state index in [0.29, 0.717) is 0 Å². The molecular formula is C24H30N2O15. The summed E-state index contributed by atoms with van der Waals surface area (Å²) in [5.74, 6) is -3.19. The molecule has 0 amide bonds. The average molecular weight is 587 g/mol. The van der Waals surface area contributed by atoms with E-state index in [1.54, 1.807) is 0 Å². The molecule has 0 aliphatic carbocycles. The van der Waals surface area contributed by atoms with Crippen LogP contribution in [0.25, 0.3) is 0 Å². The zero-order valence-electron chi connectivity index (χ0n) is 22.5. The number of carbonyl (C=O) groups excluding carboxylic acids is 5. The number of esters is 4.